The fourth-order valence-corrected chi connectivity index (χ4v) is 1.39. The molecule has 0 saturated carbocycles. The van der Waals surface area contributed by atoms with E-state index in [2.05, 4.69) is 41.9 Å². The monoisotopic (exact) mass is 218 g/mol. The highest BCUT2D eigenvalue weighted by Crippen LogP contribution is 2.20. The van der Waals surface area contributed by atoms with Crippen molar-refractivity contribution < 1.29 is 4.52 Å². The zero-order valence-corrected chi connectivity index (χ0v) is 10.9. The Balaban J connectivity index is 3.55. The number of allylic oxidation sites excluding steroid dienone is 3. The van der Waals surface area contributed by atoms with E-state index in [0.29, 0.717) is 8.50 Å². The maximum Gasteiger partial charge on any atom is 0.0693 e. The maximum absolute atomic E-state index is 5.23. The van der Waals surface area contributed by atoms with Crippen molar-refractivity contribution in [3.63, 3.8) is 0 Å². The summed E-state index contributed by atoms with van der Waals surface area (Å²) in [5.74, 6) is 0. The molecule has 2 atom stereocenters. The molecule has 0 rings (SSSR count). The second kappa shape index (κ2) is 8.88. The van der Waals surface area contributed by atoms with E-state index < -0.39 is 0 Å². The largest absolute Gasteiger partial charge is 0.354 e. The van der Waals surface area contributed by atoms with Crippen LogP contribution in [0.2, 0.25) is 0 Å². The summed E-state index contributed by atoms with van der Waals surface area (Å²) in [6.45, 7) is 7.19. The highest BCUT2D eigenvalue weighted by molar-refractivity contribution is 8.00. The third-order valence-electron chi connectivity index (χ3n) is 1.69. The fourth-order valence-electron chi connectivity index (χ4n) is 0.923. The van der Waals surface area contributed by atoms with Gasteiger partial charge in [-0.25, -0.2) is 0 Å². The van der Waals surface area contributed by atoms with Crippen LogP contribution < -0.4 is 0 Å². The van der Waals surface area contributed by atoms with E-state index in [-0.39, 0.29) is 0 Å². The summed E-state index contributed by atoms with van der Waals surface area (Å²) in [5.41, 5.74) is 2.82. The zero-order valence-electron chi connectivity index (χ0n) is 8.76. The zero-order chi connectivity index (χ0) is 10.1. The second-order valence-electron chi connectivity index (χ2n) is 3.30. The lowest BCUT2D eigenvalue weighted by Gasteiger charge is -1.99. The molecule has 1 nitrogen and oxygen atoms in total. The van der Waals surface area contributed by atoms with Crippen LogP contribution in [0.5, 0.6) is 0 Å². The average Bonchev–Trinajstić information content (AvgIpc) is 2.04. The SMILES string of the molecule is CC(C)=CCC/C(C)=C/COPP. The van der Waals surface area contributed by atoms with E-state index in [9.17, 15) is 0 Å². The van der Waals surface area contributed by atoms with Crippen LogP contribution in [-0.4, -0.2) is 6.61 Å². The van der Waals surface area contributed by atoms with Crippen molar-refractivity contribution in [2.45, 2.75) is 33.6 Å². The summed E-state index contributed by atoms with van der Waals surface area (Å²) in [7, 11) is 3.09. The van der Waals surface area contributed by atoms with Gasteiger partial charge in [-0.3, -0.25) is 0 Å². The molecule has 2 unspecified atom stereocenters. The highest BCUT2D eigenvalue weighted by atomic mass is 32.0. The van der Waals surface area contributed by atoms with Gasteiger partial charge >= 0.3 is 0 Å². The topological polar surface area (TPSA) is 9.23 Å². The van der Waals surface area contributed by atoms with Crippen LogP contribution in [-0.2, 0) is 4.52 Å². The van der Waals surface area contributed by atoms with Gasteiger partial charge < -0.3 is 4.52 Å². The highest BCUT2D eigenvalue weighted by Gasteiger charge is 1.88. The Kier molecular flexibility index (Phi) is 9.08. The van der Waals surface area contributed by atoms with Crippen molar-refractivity contribution in [3.05, 3.63) is 23.3 Å². The van der Waals surface area contributed by atoms with Crippen LogP contribution in [0.4, 0.5) is 0 Å². The fraction of sp³-hybridized carbons (Fsp3) is 0.600. The molecule has 0 bridgehead atoms. The third kappa shape index (κ3) is 10.2. The van der Waals surface area contributed by atoms with Crippen LogP contribution in [0.25, 0.3) is 0 Å². The number of rotatable bonds is 6. The summed E-state index contributed by atoms with van der Waals surface area (Å²) < 4.78 is 5.23. The van der Waals surface area contributed by atoms with Crippen LogP contribution in [0, 0.1) is 0 Å². The van der Waals surface area contributed by atoms with Crippen molar-refractivity contribution in [2.24, 2.45) is 0 Å². The smallest absolute Gasteiger partial charge is 0.0693 e. The molecule has 0 radical (unpaired) electrons. The van der Waals surface area contributed by atoms with Crippen molar-refractivity contribution in [3.8, 4) is 0 Å². The second-order valence-corrected chi connectivity index (χ2v) is 4.53. The van der Waals surface area contributed by atoms with Gasteiger partial charge in [-0.2, -0.15) is 0 Å². The molecule has 0 spiro atoms. The molecule has 0 fully saturated rings. The first-order valence-electron chi connectivity index (χ1n) is 4.53. The van der Waals surface area contributed by atoms with E-state index >= 15 is 0 Å². The van der Waals surface area contributed by atoms with Crippen LogP contribution >= 0.6 is 17.4 Å². The van der Waals surface area contributed by atoms with Crippen LogP contribution in [0.1, 0.15) is 33.6 Å². The normalized spacial score (nSPS) is 12.5. The van der Waals surface area contributed by atoms with E-state index in [1.807, 2.05) is 0 Å². The molecule has 0 aromatic rings. The van der Waals surface area contributed by atoms with Gasteiger partial charge in [-0.1, -0.05) is 32.2 Å². The first-order chi connectivity index (χ1) is 6.16. The van der Waals surface area contributed by atoms with Crippen molar-refractivity contribution >= 4 is 17.4 Å². The summed E-state index contributed by atoms with van der Waals surface area (Å²) >= 11 is 0. The Hall–Kier alpha value is 0.300. The molecule has 3 heteroatoms. The molecule has 0 aliphatic rings. The molecule has 0 aromatic heterocycles. The number of hydrogen-bond acceptors (Lipinski definition) is 1. The first kappa shape index (κ1) is 13.3. The molecular formula is C10H20OP2. The molecule has 0 amide bonds. The van der Waals surface area contributed by atoms with E-state index in [0.717, 1.165) is 19.4 Å². The third-order valence-corrected chi connectivity index (χ3v) is 2.52. The first-order valence-corrected chi connectivity index (χ1v) is 7.25. The predicted molar refractivity (Wildman–Crippen MR) is 66.4 cm³/mol. The van der Waals surface area contributed by atoms with Gasteiger partial charge in [0.25, 0.3) is 0 Å². The van der Waals surface area contributed by atoms with Crippen molar-refractivity contribution in [1.82, 2.24) is 0 Å². The van der Waals surface area contributed by atoms with Crippen molar-refractivity contribution in [2.75, 3.05) is 6.61 Å². The van der Waals surface area contributed by atoms with Gasteiger partial charge in [-0.05, 0) is 33.6 Å². The van der Waals surface area contributed by atoms with Crippen molar-refractivity contribution in [1.29, 1.82) is 0 Å². The van der Waals surface area contributed by atoms with Crippen LogP contribution in [0.3, 0.4) is 0 Å². The Morgan fingerprint density at radius 3 is 2.54 bits per heavy atom. The standard InChI is InChI=1S/C10H20OP2/c1-9(2)5-4-6-10(3)7-8-11-13-12/h5,7,13H,4,6,8,12H2,1-3H3/b10-7+. The van der Waals surface area contributed by atoms with Gasteiger partial charge in [0, 0.05) is 8.50 Å². The van der Waals surface area contributed by atoms with Gasteiger partial charge in [0.15, 0.2) is 0 Å². The molecule has 0 heterocycles. The minimum atomic E-state index is 0.516. The average molecular weight is 218 g/mol. The molecule has 0 N–H and O–H groups in total. The lowest BCUT2D eigenvalue weighted by molar-refractivity contribution is 0.422. The van der Waals surface area contributed by atoms with E-state index in [1.54, 1.807) is 0 Å². The van der Waals surface area contributed by atoms with Gasteiger partial charge in [-0.15, -0.1) is 0 Å². The molecule has 76 valence electrons. The van der Waals surface area contributed by atoms with Gasteiger partial charge in [0.1, 0.15) is 0 Å². The summed E-state index contributed by atoms with van der Waals surface area (Å²) in [6.07, 6.45) is 6.73. The molecule has 0 aliphatic carbocycles. The lowest BCUT2D eigenvalue weighted by Crippen LogP contribution is -1.82. The van der Waals surface area contributed by atoms with E-state index in [1.165, 1.54) is 11.1 Å². The summed E-state index contributed by atoms with van der Waals surface area (Å²) in [6, 6.07) is 0. The molecular weight excluding hydrogens is 198 g/mol. The Morgan fingerprint density at radius 2 is 2.00 bits per heavy atom. The van der Waals surface area contributed by atoms with Gasteiger partial charge in [0.2, 0.25) is 0 Å². The van der Waals surface area contributed by atoms with Gasteiger partial charge in [0.05, 0.1) is 6.61 Å². The quantitative estimate of drug-likeness (QED) is 0.371. The summed E-state index contributed by atoms with van der Waals surface area (Å²) in [4.78, 5) is 0. The summed E-state index contributed by atoms with van der Waals surface area (Å²) in [5, 5.41) is 0. The maximum atomic E-state index is 5.23. The van der Waals surface area contributed by atoms with Crippen LogP contribution in [0.15, 0.2) is 23.3 Å². The molecule has 13 heavy (non-hydrogen) atoms. The Labute approximate surface area is 86.0 Å². The van der Waals surface area contributed by atoms with E-state index in [4.69, 9.17) is 4.52 Å². The minimum absolute atomic E-state index is 0.516. The lowest BCUT2D eigenvalue weighted by atomic mass is 10.1. The predicted octanol–water partition coefficient (Wildman–Crippen LogP) is 4.08. The molecule has 0 aliphatic heterocycles. The minimum Gasteiger partial charge on any atom is -0.354 e. The molecule has 0 aromatic carbocycles. The Bertz CT molecular complexity index is 181. The molecule has 0 saturated heterocycles. The Morgan fingerprint density at radius 1 is 1.31 bits per heavy atom. The number of hydrogen-bond donors (Lipinski definition) is 0.